The van der Waals surface area contributed by atoms with Gasteiger partial charge in [0.2, 0.25) is 0 Å². The number of aromatic nitrogens is 1. The second-order valence-corrected chi connectivity index (χ2v) is 8.55. The number of carbonyl (C=O) groups excluding carboxylic acids is 1. The van der Waals surface area contributed by atoms with Crippen molar-refractivity contribution < 1.29 is 4.79 Å². The molecule has 4 nitrogen and oxygen atoms in total. The standard InChI is InChI=1S/C15H22BrN3OS.ClH/c1-11-3-2-6-19(10-11)12-4-7-18(8-5-12)14(20)13-9-17-15(16)21-13;/h9,11-12H,2-8,10H2,1H3;1H/t11-;/m1./s1. The van der Waals surface area contributed by atoms with Crippen LogP contribution in [0.5, 0.6) is 0 Å². The first-order valence-electron chi connectivity index (χ1n) is 7.78. The minimum absolute atomic E-state index is 0. The van der Waals surface area contributed by atoms with Gasteiger partial charge in [-0.05, 0) is 54.1 Å². The summed E-state index contributed by atoms with van der Waals surface area (Å²) >= 11 is 4.74. The number of amides is 1. The fourth-order valence-electron chi connectivity index (χ4n) is 3.50. The van der Waals surface area contributed by atoms with Crippen molar-refractivity contribution in [3.05, 3.63) is 15.0 Å². The Morgan fingerprint density at radius 3 is 2.64 bits per heavy atom. The van der Waals surface area contributed by atoms with E-state index >= 15 is 0 Å². The van der Waals surface area contributed by atoms with Gasteiger partial charge >= 0.3 is 0 Å². The fraction of sp³-hybridized carbons (Fsp3) is 0.733. The van der Waals surface area contributed by atoms with Crippen LogP contribution in [0.3, 0.4) is 0 Å². The summed E-state index contributed by atoms with van der Waals surface area (Å²) in [6.45, 7) is 6.59. The molecule has 1 aromatic heterocycles. The van der Waals surface area contributed by atoms with Gasteiger partial charge in [0.05, 0.1) is 6.20 Å². The number of carbonyl (C=O) groups is 1. The molecule has 3 rings (SSSR count). The number of rotatable bonds is 2. The van der Waals surface area contributed by atoms with Gasteiger partial charge < -0.3 is 4.90 Å². The van der Waals surface area contributed by atoms with Gasteiger partial charge in [0.15, 0.2) is 3.92 Å². The number of halogens is 2. The number of hydrogen-bond acceptors (Lipinski definition) is 4. The van der Waals surface area contributed by atoms with Gasteiger partial charge in [-0.3, -0.25) is 9.69 Å². The van der Waals surface area contributed by atoms with Gasteiger partial charge in [-0.25, -0.2) is 4.98 Å². The van der Waals surface area contributed by atoms with Crippen LogP contribution >= 0.6 is 39.7 Å². The second kappa shape index (κ2) is 8.08. The van der Waals surface area contributed by atoms with E-state index in [0.717, 1.165) is 40.6 Å². The molecule has 2 aliphatic heterocycles. The first-order chi connectivity index (χ1) is 10.1. The van der Waals surface area contributed by atoms with E-state index in [1.807, 2.05) is 4.90 Å². The predicted molar refractivity (Wildman–Crippen MR) is 96.0 cm³/mol. The molecule has 22 heavy (non-hydrogen) atoms. The Morgan fingerprint density at radius 2 is 2.05 bits per heavy atom. The molecule has 0 saturated carbocycles. The van der Waals surface area contributed by atoms with Crippen LogP contribution in [0.4, 0.5) is 0 Å². The van der Waals surface area contributed by atoms with Crippen LogP contribution in [-0.4, -0.2) is 52.9 Å². The molecule has 1 amide bonds. The predicted octanol–water partition coefficient (Wildman–Crippen LogP) is 3.66. The van der Waals surface area contributed by atoms with E-state index in [4.69, 9.17) is 0 Å². The van der Waals surface area contributed by atoms with Gasteiger partial charge in [0.25, 0.3) is 5.91 Å². The topological polar surface area (TPSA) is 36.4 Å². The van der Waals surface area contributed by atoms with Crippen LogP contribution in [0.2, 0.25) is 0 Å². The molecule has 0 N–H and O–H groups in total. The third-order valence-electron chi connectivity index (χ3n) is 4.64. The van der Waals surface area contributed by atoms with Crippen molar-refractivity contribution in [2.75, 3.05) is 26.2 Å². The van der Waals surface area contributed by atoms with Crippen LogP contribution in [0.25, 0.3) is 0 Å². The molecule has 2 saturated heterocycles. The molecule has 0 aliphatic carbocycles. The zero-order chi connectivity index (χ0) is 14.8. The summed E-state index contributed by atoms with van der Waals surface area (Å²) in [5.74, 6) is 0.969. The van der Waals surface area contributed by atoms with Crippen molar-refractivity contribution in [3.8, 4) is 0 Å². The van der Waals surface area contributed by atoms with Crippen LogP contribution in [0.1, 0.15) is 42.3 Å². The lowest BCUT2D eigenvalue weighted by molar-refractivity contribution is 0.0545. The lowest BCUT2D eigenvalue weighted by atomic mass is 9.95. The van der Waals surface area contributed by atoms with E-state index in [0.29, 0.717) is 6.04 Å². The Morgan fingerprint density at radius 1 is 1.32 bits per heavy atom. The third kappa shape index (κ3) is 4.22. The molecule has 0 unspecified atom stereocenters. The first kappa shape index (κ1) is 18.2. The molecule has 0 bridgehead atoms. The van der Waals surface area contributed by atoms with E-state index in [1.165, 1.54) is 37.3 Å². The third-order valence-corrected chi connectivity index (χ3v) is 6.11. The van der Waals surface area contributed by atoms with Gasteiger partial charge in [-0.2, -0.15) is 0 Å². The summed E-state index contributed by atoms with van der Waals surface area (Å²) in [5, 5.41) is 0. The van der Waals surface area contributed by atoms with E-state index in [1.54, 1.807) is 6.20 Å². The zero-order valence-corrected chi connectivity index (χ0v) is 16.1. The number of thiazole rings is 1. The van der Waals surface area contributed by atoms with Crippen molar-refractivity contribution in [1.29, 1.82) is 0 Å². The molecule has 2 fully saturated rings. The van der Waals surface area contributed by atoms with E-state index < -0.39 is 0 Å². The molecular formula is C15H23BrClN3OS. The molecule has 3 heterocycles. The van der Waals surface area contributed by atoms with Crippen molar-refractivity contribution in [3.63, 3.8) is 0 Å². The normalized spacial score (nSPS) is 24.1. The average Bonchev–Trinajstić information content (AvgIpc) is 2.93. The highest BCUT2D eigenvalue weighted by molar-refractivity contribution is 9.11. The quantitative estimate of drug-likeness (QED) is 0.749. The Bertz CT molecular complexity index is 505. The summed E-state index contributed by atoms with van der Waals surface area (Å²) in [4.78, 5) is 21.9. The monoisotopic (exact) mass is 407 g/mol. The summed E-state index contributed by atoms with van der Waals surface area (Å²) in [6, 6.07) is 0.671. The lowest BCUT2D eigenvalue weighted by Gasteiger charge is -2.41. The largest absolute Gasteiger partial charge is 0.338 e. The summed E-state index contributed by atoms with van der Waals surface area (Å²) < 4.78 is 0.781. The van der Waals surface area contributed by atoms with Gasteiger partial charge in [0, 0.05) is 25.7 Å². The number of likely N-dealkylation sites (tertiary alicyclic amines) is 2. The van der Waals surface area contributed by atoms with Crippen LogP contribution in [-0.2, 0) is 0 Å². The molecule has 2 aliphatic rings. The van der Waals surface area contributed by atoms with Gasteiger partial charge in [0.1, 0.15) is 4.88 Å². The molecular weight excluding hydrogens is 386 g/mol. The number of nitrogens with zero attached hydrogens (tertiary/aromatic N) is 3. The smallest absolute Gasteiger partial charge is 0.265 e. The average molecular weight is 409 g/mol. The highest BCUT2D eigenvalue weighted by atomic mass is 79.9. The molecule has 7 heteroatoms. The minimum atomic E-state index is 0. The Hall–Kier alpha value is -0.170. The highest BCUT2D eigenvalue weighted by Gasteiger charge is 2.29. The number of hydrogen-bond donors (Lipinski definition) is 0. The maximum Gasteiger partial charge on any atom is 0.265 e. The molecule has 124 valence electrons. The van der Waals surface area contributed by atoms with Crippen molar-refractivity contribution in [2.45, 2.75) is 38.6 Å². The molecule has 0 spiro atoms. The Labute approximate surface area is 150 Å². The van der Waals surface area contributed by atoms with Crippen LogP contribution in [0, 0.1) is 5.92 Å². The number of piperidine rings is 2. The van der Waals surface area contributed by atoms with E-state index in [2.05, 4.69) is 32.7 Å². The van der Waals surface area contributed by atoms with Crippen LogP contribution < -0.4 is 0 Å². The van der Waals surface area contributed by atoms with Gasteiger partial charge in [-0.15, -0.1) is 23.7 Å². The first-order valence-corrected chi connectivity index (χ1v) is 9.39. The molecule has 1 aromatic rings. The van der Waals surface area contributed by atoms with Crippen molar-refractivity contribution >= 4 is 45.6 Å². The molecule has 0 radical (unpaired) electrons. The van der Waals surface area contributed by atoms with Gasteiger partial charge in [-0.1, -0.05) is 6.92 Å². The second-order valence-electron chi connectivity index (χ2n) is 6.24. The summed E-state index contributed by atoms with van der Waals surface area (Å²) in [7, 11) is 0. The molecule has 1 atom stereocenters. The fourth-order valence-corrected chi connectivity index (χ4v) is 4.73. The summed E-state index contributed by atoms with van der Waals surface area (Å²) in [5.41, 5.74) is 0. The summed E-state index contributed by atoms with van der Waals surface area (Å²) in [6.07, 6.45) is 6.59. The Kier molecular flexibility index (Phi) is 6.68. The highest BCUT2D eigenvalue weighted by Crippen LogP contribution is 2.25. The maximum atomic E-state index is 12.4. The maximum absolute atomic E-state index is 12.4. The van der Waals surface area contributed by atoms with E-state index in [9.17, 15) is 4.79 Å². The van der Waals surface area contributed by atoms with Crippen molar-refractivity contribution in [2.24, 2.45) is 5.92 Å². The van der Waals surface area contributed by atoms with Crippen LogP contribution in [0.15, 0.2) is 10.1 Å². The van der Waals surface area contributed by atoms with Crippen molar-refractivity contribution in [1.82, 2.24) is 14.8 Å². The molecule has 0 aromatic carbocycles. The SMILES string of the molecule is C[C@@H]1CCCN(C2CCN(C(=O)c3cnc(Br)s3)CC2)C1.Cl. The zero-order valence-electron chi connectivity index (χ0n) is 12.8. The van der Waals surface area contributed by atoms with E-state index in [-0.39, 0.29) is 18.3 Å². The lowest BCUT2D eigenvalue weighted by Crippen LogP contribution is -2.49. The Balaban J connectivity index is 0.00000176. The minimum Gasteiger partial charge on any atom is -0.338 e.